The number of carbonyl (C=O) groups excluding carboxylic acids is 1. The maximum atomic E-state index is 14.2. The van der Waals surface area contributed by atoms with E-state index in [0.29, 0.717) is 45.7 Å². The molecule has 1 aromatic heterocycles. The number of halogens is 1. The van der Waals surface area contributed by atoms with E-state index in [1.165, 1.54) is 44.8 Å². The summed E-state index contributed by atoms with van der Waals surface area (Å²) in [7, 11) is 4.61. The molecule has 9 heteroatoms. The third-order valence-electron chi connectivity index (χ3n) is 5.50. The van der Waals surface area contributed by atoms with Crippen molar-refractivity contribution >= 4 is 38.7 Å². The van der Waals surface area contributed by atoms with Gasteiger partial charge in [-0.1, -0.05) is 31.3 Å². The van der Waals surface area contributed by atoms with Gasteiger partial charge in [0, 0.05) is 19.2 Å². The van der Waals surface area contributed by atoms with Crippen LogP contribution in [0.3, 0.4) is 0 Å². The van der Waals surface area contributed by atoms with Crippen LogP contribution in [0.1, 0.15) is 19.4 Å². The van der Waals surface area contributed by atoms with Crippen LogP contribution in [0, 0.1) is 5.82 Å². The molecular formula is C25H30FN3O4S. The Morgan fingerprint density at radius 3 is 2.29 bits per heavy atom. The SMILES string of the molecule is CCN(CC)CCN(C(=O)C=Cc1cc(OC)c(OC)c(OC)c1)c1nc2c(F)cccc2s1. The maximum Gasteiger partial charge on any atom is 0.252 e. The summed E-state index contributed by atoms with van der Waals surface area (Å²) >= 11 is 1.30. The Balaban J connectivity index is 1.93. The fraction of sp³-hybridized carbons (Fsp3) is 0.360. The molecule has 0 N–H and O–H groups in total. The Bertz CT molecular complexity index is 1140. The molecule has 0 saturated carbocycles. The second kappa shape index (κ2) is 11.8. The predicted molar refractivity (Wildman–Crippen MR) is 135 cm³/mol. The average Bonchev–Trinajstić information content (AvgIpc) is 3.29. The molecule has 1 heterocycles. The lowest BCUT2D eigenvalue weighted by Crippen LogP contribution is -2.38. The van der Waals surface area contributed by atoms with Crippen molar-refractivity contribution < 1.29 is 23.4 Å². The Morgan fingerprint density at radius 2 is 1.74 bits per heavy atom. The summed E-state index contributed by atoms with van der Waals surface area (Å²) < 4.78 is 31.1. The maximum absolute atomic E-state index is 14.2. The number of rotatable bonds is 11. The molecule has 0 spiro atoms. The number of hydrogen-bond acceptors (Lipinski definition) is 7. The molecule has 1 amide bonds. The van der Waals surface area contributed by atoms with Crippen molar-refractivity contribution in [2.24, 2.45) is 0 Å². The van der Waals surface area contributed by atoms with Gasteiger partial charge in [-0.3, -0.25) is 9.69 Å². The summed E-state index contributed by atoms with van der Waals surface area (Å²) in [4.78, 5) is 21.6. The van der Waals surface area contributed by atoms with Gasteiger partial charge in [0.25, 0.3) is 5.91 Å². The number of benzene rings is 2. The minimum absolute atomic E-state index is 0.250. The van der Waals surface area contributed by atoms with Gasteiger partial charge in [-0.25, -0.2) is 9.37 Å². The predicted octanol–water partition coefficient (Wildman–Crippen LogP) is 4.85. The molecule has 0 fully saturated rings. The average molecular weight is 488 g/mol. The molecule has 34 heavy (non-hydrogen) atoms. The number of likely N-dealkylation sites (N-methyl/N-ethyl adjacent to an activating group) is 1. The summed E-state index contributed by atoms with van der Waals surface area (Å²) in [5, 5.41) is 0.465. The largest absolute Gasteiger partial charge is 0.493 e. The van der Waals surface area contributed by atoms with Gasteiger partial charge in [-0.05, 0) is 49.0 Å². The number of thiazole rings is 1. The highest BCUT2D eigenvalue weighted by atomic mass is 32.1. The standard InChI is InChI=1S/C25H30FN3O4S/c1-6-28(7-2)13-14-29(25-27-23-18(26)9-8-10-21(23)34-25)22(30)12-11-17-15-19(31-3)24(33-5)20(16-17)32-4/h8-12,15-16H,6-7,13-14H2,1-5H3. The Kier molecular flexibility index (Phi) is 8.84. The molecule has 0 radical (unpaired) electrons. The lowest BCUT2D eigenvalue weighted by molar-refractivity contribution is -0.114. The van der Waals surface area contributed by atoms with Crippen LogP contribution in [0.25, 0.3) is 16.3 Å². The van der Waals surface area contributed by atoms with E-state index in [-0.39, 0.29) is 11.4 Å². The molecule has 182 valence electrons. The number of anilines is 1. The molecule has 3 rings (SSSR count). The summed E-state index contributed by atoms with van der Waals surface area (Å²) in [6.45, 7) is 7.00. The highest BCUT2D eigenvalue weighted by molar-refractivity contribution is 7.22. The number of fused-ring (bicyclic) bond motifs is 1. The van der Waals surface area contributed by atoms with Crippen LogP contribution < -0.4 is 19.1 Å². The lowest BCUT2D eigenvalue weighted by Gasteiger charge is -2.23. The van der Waals surface area contributed by atoms with Gasteiger partial charge in [0.05, 0.1) is 26.0 Å². The van der Waals surface area contributed by atoms with Gasteiger partial charge in [0.1, 0.15) is 11.3 Å². The van der Waals surface area contributed by atoms with E-state index < -0.39 is 5.82 Å². The number of amides is 1. The van der Waals surface area contributed by atoms with Crippen LogP contribution in [0.2, 0.25) is 0 Å². The van der Waals surface area contributed by atoms with Gasteiger partial charge in [-0.2, -0.15) is 0 Å². The summed E-state index contributed by atoms with van der Waals surface area (Å²) in [6.07, 6.45) is 3.16. The molecule has 0 aliphatic heterocycles. The quantitative estimate of drug-likeness (QED) is 0.360. The molecule has 2 aromatic carbocycles. The van der Waals surface area contributed by atoms with Gasteiger partial charge in [-0.15, -0.1) is 0 Å². The Labute approximate surface area is 203 Å². The second-order valence-corrected chi connectivity index (χ2v) is 8.40. The van der Waals surface area contributed by atoms with Crippen molar-refractivity contribution in [1.29, 1.82) is 0 Å². The highest BCUT2D eigenvalue weighted by Gasteiger charge is 2.20. The van der Waals surface area contributed by atoms with Crippen LogP contribution >= 0.6 is 11.3 Å². The second-order valence-electron chi connectivity index (χ2n) is 7.39. The van der Waals surface area contributed by atoms with Crippen molar-refractivity contribution in [2.75, 3.05) is 52.4 Å². The Morgan fingerprint density at radius 1 is 1.06 bits per heavy atom. The van der Waals surface area contributed by atoms with E-state index >= 15 is 0 Å². The summed E-state index contributed by atoms with van der Waals surface area (Å²) in [5.41, 5.74) is 0.985. The molecule has 0 unspecified atom stereocenters. The molecule has 0 atom stereocenters. The van der Waals surface area contributed by atoms with E-state index in [1.54, 1.807) is 35.2 Å². The number of para-hydroxylation sites is 1. The lowest BCUT2D eigenvalue weighted by atomic mass is 10.1. The molecule has 0 aliphatic rings. The van der Waals surface area contributed by atoms with Crippen molar-refractivity contribution in [3.63, 3.8) is 0 Å². The molecular weight excluding hydrogens is 457 g/mol. The first-order chi connectivity index (χ1) is 16.4. The third kappa shape index (κ3) is 5.66. The third-order valence-corrected chi connectivity index (χ3v) is 6.54. The number of aromatic nitrogens is 1. The summed E-state index contributed by atoms with van der Waals surface area (Å²) in [5.74, 6) is 0.818. The van der Waals surface area contributed by atoms with Crippen LogP contribution in [0.4, 0.5) is 9.52 Å². The van der Waals surface area contributed by atoms with Gasteiger partial charge >= 0.3 is 0 Å². The monoisotopic (exact) mass is 487 g/mol. The van der Waals surface area contributed by atoms with E-state index in [1.807, 2.05) is 0 Å². The first-order valence-corrected chi connectivity index (χ1v) is 11.8. The zero-order valence-corrected chi connectivity index (χ0v) is 20.9. The van der Waals surface area contributed by atoms with Crippen LogP contribution in [0.5, 0.6) is 17.2 Å². The first-order valence-electron chi connectivity index (χ1n) is 11.0. The van der Waals surface area contributed by atoms with E-state index in [9.17, 15) is 9.18 Å². The molecule has 0 bridgehead atoms. The van der Waals surface area contributed by atoms with Crippen molar-refractivity contribution in [3.05, 3.63) is 47.8 Å². The zero-order valence-electron chi connectivity index (χ0n) is 20.1. The van der Waals surface area contributed by atoms with Crippen molar-refractivity contribution in [3.8, 4) is 17.2 Å². The minimum atomic E-state index is -0.399. The van der Waals surface area contributed by atoms with Crippen molar-refractivity contribution in [1.82, 2.24) is 9.88 Å². The van der Waals surface area contributed by atoms with Crippen LogP contribution in [0.15, 0.2) is 36.4 Å². The fourth-order valence-electron chi connectivity index (χ4n) is 3.56. The van der Waals surface area contributed by atoms with Crippen LogP contribution in [-0.2, 0) is 4.79 Å². The molecule has 7 nitrogen and oxygen atoms in total. The van der Waals surface area contributed by atoms with Crippen LogP contribution in [-0.4, -0.2) is 63.3 Å². The van der Waals surface area contributed by atoms with Gasteiger partial charge < -0.3 is 19.1 Å². The van der Waals surface area contributed by atoms with E-state index in [2.05, 4.69) is 23.7 Å². The van der Waals surface area contributed by atoms with Gasteiger partial charge in [0.2, 0.25) is 5.75 Å². The molecule has 0 aliphatic carbocycles. The molecule has 0 saturated heterocycles. The summed E-state index contributed by atoms with van der Waals surface area (Å²) in [6, 6.07) is 8.35. The number of hydrogen-bond donors (Lipinski definition) is 0. The fourth-order valence-corrected chi connectivity index (χ4v) is 4.57. The zero-order chi connectivity index (χ0) is 24.7. The first kappa shape index (κ1) is 25.5. The molecule has 3 aromatic rings. The minimum Gasteiger partial charge on any atom is -0.493 e. The topological polar surface area (TPSA) is 64.1 Å². The van der Waals surface area contributed by atoms with Gasteiger partial charge in [0.15, 0.2) is 16.6 Å². The normalized spacial score (nSPS) is 11.4. The number of methoxy groups -OCH3 is 3. The number of nitrogens with zero attached hydrogens (tertiary/aromatic N) is 3. The smallest absolute Gasteiger partial charge is 0.252 e. The van der Waals surface area contributed by atoms with E-state index in [0.717, 1.165) is 13.1 Å². The number of carbonyl (C=O) groups is 1. The number of ether oxygens (including phenoxy) is 3. The van der Waals surface area contributed by atoms with Crippen molar-refractivity contribution in [2.45, 2.75) is 13.8 Å². The highest BCUT2D eigenvalue weighted by Crippen LogP contribution is 2.38. The van der Waals surface area contributed by atoms with E-state index in [4.69, 9.17) is 14.2 Å². The Hall–Kier alpha value is -3.17.